The van der Waals surface area contributed by atoms with E-state index in [0.29, 0.717) is 23.6 Å². The summed E-state index contributed by atoms with van der Waals surface area (Å²) in [5.41, 5.74) is 3.52. The highest BCUT2D eigenvalue weighted by Crippen LogP contribution is 2.21. The lowest BCUT2D eigenvalue weighted by Gasteiger charge is -2.08. The quantitative estimate of drug-likeness (QED) is 0.328. The van der Waals surface area contributed by atoms with E-state index < -0.39 is 4.92 Å². The molecule has 0 heterocycles. The van der Waals surface area contributed by atoms with Crippen molar-refractivity contribution in [3.05, 3.63) is 68.7 Å². The molecule has 26 heavy (non-hydrogen) atoms. The topological polar surface area (TPSA) is 93.8 Å². The number of para-hydroxylation sites is 1. The maximum atomic E-state index is 11.7. The van der Waals surface area contributed by atoms with Crippen molar-refractivity contribution in [2.24, 2.45) is 5.10 Å². The molecule has 0 bridgehead atoms. The molecule has 2 aromatic carbocycles. The van der Waals surface area contributed by atoms with Crippen LogP contribution in [0.2, 0.25) is 5.02 Å². The number of nitrogens with zero attached hydrogens (tertiary/aromatic N) is 2. The average Bonchev–Trinajstić information content (AvgIpc) is 2.60. The van der Waals surface area contributed by atoms with Crippen molar-refractivity contribution in [1.82, 2.24) is 5.43 Å². The molecule has 0 aromatic heterocycles. The summed E-state index contributed by atoms with van der Waals surface area (Å²) in [6, 6.07) is 11.5. The maximum absolute atomic E-state index is 11.7. The van der Waals surface area contributed by atoms with Crippen molar-refractivity contribution in [3.8, 4) is 5.75 Å². The van der Waals surface area contributed by atoms with Gasteiger partial charge in [-0.3, -0.25) is 14.9 Å². The highest BCUT2D eigenvalue weighted by atomic mass is 35.5. The van der Waals surface area contributed by atoms with Gasteiger partial charge in [-0.25, -0.2) is 5.43 Å². The standard InChI is InChI=1S/C18H18ClN3O4/c1-13-11-15(19)8-9-17(13)26-10-4-7-18(23)21-20-12-14-5-2-3-6-16(14)22(24)25/h2-3,5-6,8-9,11-12H,4,7,10H2,1H3,(H,21,23)/b20-12+. The summed E-state index contributed by atoms with van der Waals surface area (Å²) in [7, 11) is 0. The summed E-state index contributed by atoms with van der Waals surface area (Å²) in [4.78, 5) is 22.1. The Kier molecular flexibility index (Phi) is 7.11. The Morgan fingerprint density at radius 1 is 1.35 bits per heavy atom. The van der Waals surface area contributed by atoms with Gasteiger partial charge >= 0.3 is 0 Å². The minimum atomic E-state index is -0.501. The number of carbonyl (C=O) groups is 1. The van der Waals surface area contributed by atoms with Crippen LogP contribution in [0.5, 0.6) is 5.75 Å². The lowest BCUT2D eigenvalue weighted by Crippen LogP contribution is -2.18. The molecule has 0 atom stereocenters. The van der Waals surface area contributed by atoms with Crippen molar-refractivity contribution in [2.75, 3.05) is 6.61 Å². The molecule has 2 aromatic rings. The van der Waals surface area contributed by atoms with Gasteiger partial charge < -0.3 is 4.74 Å². The van der Waals surface area contributed by atoms with Crippen molar-refractivity contribution in [1.29, 1.82) is 0 Å². The van der Waals surface area contributed by atoms with E-state index in [2.05, 4.69) is 10.5 Å². The zero-order chi connectivity index (χ0) is 18.9. The predicted octanol–water partition coefficient (Wildman–Crippen LogP) is 3.87. The van der Waals surface area contributed by atoms with Crippen LogP contribution in [0.15, 0.2) is 47.6 Å². The molecule has 7 nitrogen and oxygen atoms in total. The molecule has 0 aliphatic carbocycles. The molecule has 0 radical (unpaired) electrons. The Labute approximate surface area is 155 Å². The Morgan fingerprint density at radius 2 is 2.12 bits per heavy atom. The molecule has 0 spiro atoms. The normalized spacial score (nSPS) is 10.7. The highest BCUT2D eigenvalue weighted by Gasteiger charge is 2.10. The maximum Gasteiger partial charge on any atom is 0.278 e. The van der Waals surface area contributed by atoms with E-state index in [-0.39, 0.29) is 18.0 Å². The van der Waals surface area contributed by atoms with E-state index in [9.17, 15) is 14.9 Å². The van der Waals surface area contributed by atoms with E-state index in [1.54, 1.807) is 36.4 Å². The van der Waals surface area contributed by atoms with Crippen LogP contribution in [0, 0.1) is 17.0 Å². The van der Waals surface area contributed by atoms with Gasteiger partial charge in [0.05, 0.1) is 23.3 Å². The molecule has 1 amide bonds. The van der Waals surface area contributed by atoms with Crippen LogP contribution in [-0.4, -0.2) is 23.7 Å². The van der Waals surface area contributed by atoms with Crippen molar-refractivity contribution >= 4 is 29.4 Å². The Morgan fingerprint density at radius 3 is 2.85 bits per heavy atom. The van der Waals surface area contributed by atoms with Gasteiger partial charge in [0.2, 0.25) is 5.91 Å². The van der Waals surface area contributed by atoms with Crippen LogP contribution in [0.4, 0.5) is 5.69 Å². The number of aryl methyl sites for hydroxylation is 1. The van der Waals surface area contributed by atoms with Gasteiger partial charge in [0, 0.05) is 17.5 Å². The first-order valence-corrected chi connectivity index (χ1v) is 8.29. The average molecular weight is 376 g/mol. The number of amides is 1. The summed E-state index contributed by atoms with van der Waals surface area (Å²) >= 11 is 5.88. The second-order valence-electron chi connectivity index (χ2n) is 5.47. The molecule has 0 aliphatic heterocycles. The van der Waals surface area contributed by atoms with Gasteiger partial charge in [0.15, 0.2) is 0 Å². The van der Waals surface area contributed by atoms with Crippen molar-refractivity contribution in [2.45, 2.75) is 19.8 Å². The van der Waals surface area contributed by atoms with Crippen molar-refractivity contribution < 1.29 is 14.5 Å². The molecule has 136 valence electrons. The zero-order valence-electron chi connectivity index (χ0n) is 14.1. The molecule has 0 saturated heterocycles. The third-order valence-corrected chi connectivity index (χ3v) is 3.70. The molecule has 1 N–H and O–H groups in total. The van der Waals surface area contributed by atoms with Crippen LogP contribution in [0.1, 0.15) is 24.0 Å². The fourth-order valence-electron chi connectivity index (χ4n) is 2.18. The highest BCUT2D eigenvalue weighted by molar-refractivity contribution is 6.30. The number of hydrogen-bond acceptors (Lipinski definition) is 5. The molecular weight excluding hydrogens is 358 g/mol. The van der Waals surface area contributed by atoms with Crippen LogP contribution >= 0.6 is 11.6 Å². The summed E-state index contributed by atoms with van der Waals surface area (Å²) in [6.07, 6.45) is 1.99. The van der Waals surface area contributed by atoms with Crippen LogP contribution in [0.25, 0.3) is 0 Å². The molecule has 0 aliphatic rings. The third-order valence-electron chi connectivity index (χ3n) is 3.47. The first kappa shape index (κ1) is 19.4. The lowest BCUT2D eigenvalue weighted by molar-refractivity contribution is -0.385. The molecule has 0 fully saturated rings. The fourth-order valence-corrected chi connectivity index (χ4v) is 2.41. The Bertz CT molecular complexity index is 824. The summed E-state index contributed by atoms with van der Waals surface area (Å²) in [5.74, 6) is 0.431. The Balaban J connectivity index is 1.75. The number of benzene rings is 2. The van der Waals surface area contributed by atoms with E-state index >= 15 is 0 Å². The zero-order valence-corrected chi connectivity index (χ0v) is 14.9. The van der Waals surface area contributed by atoms with Gasteiger partial charge in [0.1, 0.15) is 5.75 Å². The van der Waals surface area contributed by atoms with E-state index in [4.69, 9.17) is 16.3 Å². The smallest absolute Gasteiger partial charge is 0.278 e. The van der Waals surface area contributed by atoms with Gasteiger partial charge in [0.25, 0.3) is 5.69 Å². The first-order valence-electron chi connectivity index (χ1n) is 7.91. The second-order valence-corrected chi connectivity index (χ2v) is 5.91. The van der Waals surface area contributed by atoms with Gasteiger partial charge in [-0.2, -0.15) is 5.10 Å². The largest absolute Gasteiger partial charge is 0.493 e. The summed E-state index contributed by atoms with van der Waals surface area (Å²) in [5, 5.41) is 15.3. The van der Waals surface area contributed by atoms with Gasteiger partial charge in [-0.05, 0) is 43.2 Å². The summed E-state index contributed by atoms with van der Waals surface area (Å²) in [6.45, 7) is 2.27. The summed E-state index contributed by atoms with van der Waals surface area (Å²) < 4.78 is 5.61. The first-order chi connectivity index (χ1) is 12.5. The number of hydrogen-bond donors (Lipinski definition) is 1. The minimum absolute atomic E-state index is 0.0720. The minimum Gasteiger partial charge on any atom is -0.493 e. The number of nitro groups is 1. The number of carbonyl (C=O) groups excluding carboxylic acids is 1. The monoisotopic (exact) mass is 375 g/mol. The molecular formula is C18H18ClN3O4. The molecule has 0 unspecified atom stereocenters. The lowest BCUT2D eigenvalue weighted by atomic mass is 10.2. The second kappa shape index (κ2) is 9.53. The number of hydrazone groups is 1. The number of nitrogens with one attached hydrogen (secondary N) is 1. The Hall–Kier alpha value is -2.93. The van der Waals surface area contributed by atoms with Crippen LogP contribution in [0.3, 0.4) is 0 Å². The number of halogens is 1. The van der Waals surface area contributed by atoms with E-state index in [1.165, 1.54) is 12.3 Å². The SMILES string of the molecule is Cc1cc(Cl)ccc1OCCCC(=O)N/N=C/c1ccccc1[N+](=O)[O-]. The van der Waals surface area contributed by atoms with Gasteiger partial charge in [-0.15, -0.1) is 0 Å². The molecule has 2 rings (SSSR count). The van der Waals surface area contributed by atoms with Crippen LogP contribution < -0.4 is 10.2 Å². The number of ether oxygens (including phenoxy) is 1. The molecule has 0 saturated carbocycles. The fraction of sp³-hybridized carbons (Fsp3) is 0.222. The van der Waals surface area contributed by atoms with Crippen molar-refractivity contribution in [3.63, 3.8) is 0 Å². The number of nitro benzene ring substituents is 1. The number of rotatable bonds is 8. The third kappa shape index (κ3) is 5.86. The van der Waals surface area contributed by atoms with Gasteiger partial charge in [-0.1, -0.05) is 23.7 Å². The van der Waals surface area contributed by atoms with Crippen LogP contribution in [-0.2, 0) is 4.79 Å². The van der Waals surface area contributed by atoms with E-state index in [0.717, 1.165) is 11.3 Å². The molecule has 8 heteroatoms. The van der Waals surface area contributed by atoms with E-state index in [1.807, 2.05) is 6.92 Å². The predicted molar refractivity (Wildman–Crippen MR) is 99.8 cm³/mol.